The maximum absolute atomic E-state index is 13.8. The van der Waals surface area contributed by atoms with E-state index in [0.29, 0.717) is 34.7 Å². The van der Waals surface area contributed by atoms with Gasteiger partial charge in [-0.2, -0.15) is 13.2 Å². The SMILES string of the molecule is CCN(CC)CCOc1ccc2c(c1)C(C)(C)c1[nH]c3cc(N(C)C(=O)c4cccc(C(F)(F)F)c4)ccc3c1C2=O. The lowest BCUT2D eigenvalue weighted by atomic mass is 9.71. The number of ether oxygens (including phenoxy) is 1. The molecule has 6 nitrogen and oxygen atoms in total. The second-order valence-corrected chi connectivity index (χ2v) is 11.1. The first kappa shape index (κ1) is 29.4. The number of aromatic amines is 1. The summed E-state index contributed by atoms with van der Waals surface area (Å²) in [6.45, 7) is 11.6. The molecule has 1 aliphatic carbocycles. The molecule has 0 aliphatic heterocycles. The molecule has 1 amide bonds. The summed E-state index contributed by atoms with van der Waals surface area (Å²) in [6, 6.07) is 15.2. The molecule has 42 heavy (non-hydrogen) atoms. The van der Waals surface area contributed by atoms with Crippen LogP contribution in [0.1, 0.15) is 70.8 Å². The number of benzene rings is 3. The summed E-state index contributed by atoms with van der Waals surface area (Å²) in [5.41, 5.74) is 2.47. The van der Waals surface area contributed by atoms with E-state index in [0.717, 1.165) is 48.4 Å². The average Bonchev–Trinajstić information content (AvgIpc) is 3.37. The van der Waals surface area contributed by atoms with Gasteiger partial charge in [0.1, 0.15) is 12.4 Å². The molecule has 9 heteroatoms. The van der Waals surface area contributed by atoms with Crippen molar-refractivity contribution in [2.75, 3.05) is 38.2 Å². The highest BCUT2D eigenvalue weighted by molar-refractivity contribution is 6.20. The number of H-pyrrole nitrogens is 1. The van der Waals surface area contributed by atoms with E-state index in [4.69, 9.17) is 4.74 Å². The molecule has 0 bridgehead atoms. The number of carbonyl (C=O) groups is 2. The molecule has 1 aromatic heterocycles. The summed E-state index contributed by atoms with van der Waals surface area (Å²) < 4.78 is 45.7. The maximum Gasteiger partial charge on any atom is 0.416 e. The van der Waals surface area contributed by atoms with E-state index in [-0.39, 0.29) is 11.3 Å². The zero-order valence-electron chi connectivity index (χ0n) is 24.4. The predicted octanol–water partition coefficient (Wildman–Crippen LogP) is 7.05. The molecule has 0 spiro atoms. The molecule has 0 atom stereocenters. The van der Waals surface area contributed by atoms with Gasteiger partial charge in [-0.1, -0.05) is 39.8 Å². The van der Waals surface area contributed by atoms with Crippen molar-refractivity contribution in [2.24, 2.45) is 0 Å². The number of anilines is 1. The van der Waals surface area contributed by atoms with E-state index in [2.05, 4.69) is 37.6 Å². The molecular weight excluding hydrogens is 543 g/mol. The number of alkyl halides is 3. The second-order valence-electron chi connectivity index (χ2n) is 11.1. The van der Waals surface area contributed by atoms with Gasteiger partial charge < -0.3 is 19.5 Å². The molecule has 3 aromatic carbocycles. The lowest BCUT2D eigenvalue weighted by molar-refractivity contribution is -0.137. The predicted molar refractivity (Wildman–Crippen MR) is 158 cm³/mol. The third-order valence-electron chi connectivity index (χ3n) is 8.24. The molecular formula is C33H34F3N3O3. The molecule has 1 heterocycles. The number of ketones is 1. The Labute approximate surface area is 243 Å². The fraction of sp³-hybridized carbons (Fsp3) is 0.333. The van der Waals surface area contributed by atoms with Crippen molar-refractivity contribution in [2.45, 2.75) is 39.3 Å². The van der Waals surface area contributed by atoms with Crippen LogP contribution < -0.4 is 9.64 Å². The number of fused-ring (bicyclic) bond motifs is 4. The number of halogens is 3. The normalized spacial score (nSPS) is 14.2. The van der Waals surface area contributed by atoms with Gasteiger partial charge in [0.05, 0.1) is 11.1 Å². The van der Waals surface area contributed by atoms with Crippen LogP contribution in [0.25, 0.3) is 10.9 Å². The Morgan fingerprint density at radius 1 is 1.00 bits per heavy atom. The third-order valence-corrected chi connectivity index (χ3v) is 8.24. The summed E-state index contributed by atoms with van der Waals surface area (Å²) in [4.78, 5) is 33.9. The first-order valence-corrected chi connectivity index (χ1v) is 14.0. The van der Waals surface area contributed by atoms with Crippen LogP contribution in [0, 0.1) is 0 Å². The molecule has 0 saturated heterocycles. The van der Waals surface area contributed by atoms with Gasteiger partial charge in [-0.25, -0.2) is 0 Å². The second kappa shape index (κ2) is 10.9. The van der Waals surface area contributed by atoms with Crippen LogP contribution >= 0.6 is 0 Å². The quantitative estimate of drug-likeness (QED) is 0.244. The lowest BCUT2D eigenvalue weighted by Crippen LogP contribution is -2.30. The minimum absolute atomic E-state index is 0.0694. The molecule has 1 N–H and O–H groups in total. The minimum atomic E-state index is -4.55. The van der Waals surface area contributed by atoms with Gasteiger partial charge in [0.15, 0.2) is 5.78 Å². The van der Waals surface area contributed by atoms with Crippen LogP contribution in [0.5, 0.6) is 5.75 Å². The van der Waals surface area contributed by atoms with Gasteiger partial charge >= 0.3 is 6.18 Å². The summed E-state index contributed by atoms with van der Waals surface area (Å²) in [5, 5.41) is 0.719. The highest BCUT2D eigenvalue weighted by atomic mass is 19.4. The minimum Gasteiger partial charge on any atom is -0.492 e. The largest absolute Gasteiger partial charge is 0.492 e. The van der Waals surface area contributed by atoms with Gasteiger partial charge in [-0.15, -0.1) is 0 Å². The van der Waals surface area contributed by atoms with E-state index in [1.54, 1.807) is 18.2 Å². The standard InChI is InChI=1S/C33H34F3N3O3/c1-6-39(7-2)15-16-42-23-12-14-24-26(19-23)32(3,4)30-28(29(24)40)25-13-11-22(18-27(25)37-30)38(5)31(41)20-9-8-10-21(17-20)33(34,35)36/h8-14,17-19,37H,6-7,15-16H2,1-5H3. The Morgan fingerprint density at radius 3 is 2.43 bits per heavy atom. The maximum atomic E-state index is 13.8. The van der Waals surface area contributed by atoms with E-state index in [1.165, 1.54) is 24.1 Å². The Kier molecular flexibility index (Phi) is 7.66. The summed E-state index contributed by atoms with van der Waals surface area (Å²) in [6.07, 6.45) is -4.55. The van der Waals surface area contributed by atoms with E-state index >= 15 is 0 Å². The molecule has 0 radical (unpaired) electrons. The van der Waals surface area contributed by atoms with Crippen molar-refractivity contribution >= 4 is 28.3 Å². The third kappa shape index (κ3) is 5.17. The number of nitrogens with zero attached hydrogens (tertiary/aromatic N) is 2. The van der Waals surface area contributed by atoms with Crippen LogP contribution in [0.15, 0.2) is 60.7 Å². The highest BCUT2D eigenvalue weighted by Gasteiger charge is 2.40. The number of aromatic nitrogens is 1. The molecule has 0 unspecified atom stereocenters. The first-order chi connectivity index (χ1) is 19.9. The van der Waals surface area contributed by atoms with Gasteiger partial charge in [0, 0.05) is 52.4 Å². The number of rotatable bonds is 8. The van der Waals surface area contributed by atoms with Gasteiger partial charge in [-0.3, -0.25) is 9.59 Å². The fourth-order valence-corrected chi connectivity index (χ4v) is 5.67. The zero-order chi connectivity index (χ0) is 30.4. The van der Waals surface area contributed by atoms with Crippen LogP contribution in [0.3, 0.4) is 0 Å². The number of hydrogen-bond donors (Lipinski definition) is 1. The van der Waals surface area contributed by atoms with E-state index in [1.807, 2.05) is 18.2 Å². The average molecular weight is 578 g/mol. The zero-order valence-corrected chi connectivity index (χ0v) is 24.4. The van der Waals surface area contributed by atoms with Crippen LogP contribution in [-0.4, -0.2) is 54.9 Å². The number of likely N-dealkylation sites (N-methyl/N-ethyl adjacent to an activating group) is 1. The Hall–Kier alpha value is -4.11. The summed E-state index contributed by atoms with van der Waals surface area (Å²) in [7, 11) is 1.51. The van der Waals surface area contributed by atoms with Gasteiger partial charge in [0.2, 0.25) is 0 Å². The van der Waals surface area contributed by atoms with Crippen molar-refractivity contribution in [1.29, 1.82) is 0 Å². The van der Waals surface area contributed by atoms with Gasteiger partial charge in [-0.05, 0) is 67.2 Å². The van der Waals surface area contributed by atoms with Crippen molar-refractivity contribution in [3.05, 3.63) is 94.2 Å². The first-order valence-electron chi connectivity index (χ1n) is 14.0. The van der Waals surface area contributed by atoms with Crippen molar-refractivity contribution in [3.8, 4) is 5.75 Å². The molecule has 220 valence electrons. The van der Waals surface area contributed by atoms with Crippen molar-refractivity contribution in [1.82, 2.24) is 9.88 Å². The number of carbonyl (C=O) groups excluding carboxylic acids is 2. The number of amides is 1. The molecule has 1 aliphatic rings. The Morgan fingerprint density at radius 2 is 1.74 bits per heavy atom. The van der Waals surface area contributed by atoms with Crippen molar-refractivity contribution < 1.29 is 27.5 Å². The number of nitrogens with one attached hydrogen (secondary N) is 1. The van der Waals surface area contributed by atoms with E-state index in [9.17, 15) is 22.8 Å². The smallest absolute Gasteiger partial charge is 0.416 e. The summed E-state index contributed by atoms with van der Waals surface area (Å²) >= 11 is 0. The lowest BCUT2D eigenvalue weighted by Gasteiger charge is -2.32. The Bertz CT molecular complexity index is 1670. The molecule has 0 saturated carbocycles. The highest BCUT2D eigenvalue weighted by Crippen LogP contribution is 2.45. The topological polar surface area (TPSA) is 65.6 Å². The van der Waals surface area contributed by atoms with Crippen LogP contribution in [0.2, 0.25) is 0 Å². The monoisotopic (exact) mass is 577 g/mol. The number of hydrogen-bond acceptors (Lipinski definition) is 4. The van der Waals surface area contributed by atoms with E-state index < -0.39 is 23.1 Å². The van der Waals surface area contributed by atoms with Crippen LogP contribution in [0.4, 0.5) is 18.9 Å². The van der Waals surface area contributed by atoms with Crippen molar-refractivity contribution in [3.63, 3.8) is 0 Å². The summed E-state index contributed by atoms with van der Waals surface area (Å²) in [5.74, 6) is 0.0360. The molecule has 4 aromatic rings. The fourth-order valence-electron chi connectivity index (χ4n) is 5.67. The Balaban J connectivity index is 1.45. The molecule has 5 rings (SSSR count). The van der Waals surface area contributed by atoms with Gasteiger partial charge in [0.25, 0.3) is 5.91 Å². The molecule has 0 fully saturated rings. The van der Waals surface area contributed by atoms with Crippen LogP contribution in [-0.2, 0) is 11.6 Å².